The molecule has 2 unspecified atom stereocenters. The van der Waals surface area contributed by atoms with E-state index >= 15 is 0 Å². The van der Waals surface area contributed by atoms with Crippen LogP contribution in [0.3, 0.4) is 0 Å². The summed E-state index contributed by atoms with van der Waals surface area (Å²) in [6.45, 7) is 0.750. The topological polar surface area (TPSA) is 29.5 Å². The molecule has 2 atom stereocenters. The molecule has 0 saturated heterocycles. The van der Waals surface area contributed by atoms with Gasteiger partial charge in [0.1, 0.15) is 0 Å². The monoisotopic (exact) mass is 234 g/mol. The number of ether oxygens (including phenoxy) is 1. The van der Waals surface area contributed by atoms with E-state index in [1.807, 2.05) is 0 Å². The van der Waals surface area contributed by atoms with Crippen LogP contribution in [-0.2, 0) is 17.6 Å². The Morgan fingerprint density at radius 1 is 1.35 bits per heavy atom. The molecule has 17 heavy (non-hydrogen) atoms. The third kappa shape index (κ3) is 3.30. The lowest BCUT2D eigenvalue weighted by atomic mass is 9.80. The van der Waals surface area contributed by atoms with E-state index in [4.69, 9.17) is 4.74 Å². The number of benzene rings is 1. The Morgan fingerprint density at radius 3 is 2.88 bits per heavy atom. The van der Waals surface area contributed by atoms with Gasteiger partial charge < -0.3 is 9.84 Å². The minimum absolute atomic E-state index is 0.168. The van der Waals surface area contributed by atoms with Crippen molar-refractivity contribution in [2.75, 3.05) is 13.7 Å². The standard InChI is InChI=1S/C15H22O2/c1-17-10-4-7-15(16)14-9-8-12-5-2-3-6-13(12)11-14/h2-3,5-6,14-16H,4,7-11H2,1H3. The highest BCUT2D eigenvalue weighted by Crippen LogP contribution is 2.28. The van der Waals surface area contributed by atoms with Gasteiger partial charge in [0.15, 0.2) is 0 Å². The molecule has 2 nitrogen and oxygen atoms in total. The molecule has 0 saturated carbocycles. The summed E-state index contributed by atoms with van der Waals surface area (Å²) in [6, 6.07) is 8.61. The van der Waals surface area contributed by atoms with Gasteiger partial charge in [-0.3, -0.25) is 0 Å². The van der Waals surface area contributed by atoms with Crippen molar-refractivity contribution in [2.24, 2.45) is 5.92 Å². The Kier molecular flexibility index (Phi) is 4.57. The highest BCUT2D eigenvalue weighted by molar-refractivity contribution is 5.29. The average Bonchev–Trinajstić information content (AvgIpc) is 2.38. The van der Waals surface area contributed by atoms with E-state index in [9.17, 15) is 5.11 Å². The normalized spacial score (nSPS) is 20.9. The van der Waals surface area contributed by atoms with Crippen molar-refractivity contribution in [2.45, 2.75) is 38.2 Å². The van der Waals surface area contributed by atoms with Crippen LogP contribution in [0.4, 0.5) is 0 Å². The third-order valence-corrected chi connectivity index (χ3v) is 3.78. The molecule has 0 bridgehead atoms. The van der Waals surface area contributed by atoms with Crippen LogP contribution in [-0.4, -0.2) is 24.9 Å². The molecule has 1 aliphatic rings. The maximum Gasteiger partial charge on any atom is 0.0572 e. The predicted octanol–water partition coefficient (Wildman–Crippen LogP) is 2.58. The first-order valence-electron chi connectivity index (χ1n) is 6.55. The smallest absolute Gasteiger partial charge is 0.0572 e. The Labute approximate surface area is 104 Å². The molecule has 0 aromatic heterocycles. The number of rotatable bonds is 5. The van der Waals surface area contributed by atoms with E-state index in [2.05, 4.69) is 24.3 Å². The Balaban J connectivity index is 1.88. The number of hydrogen-bond acceptors (Lipinski definition) is 2. The summed E-state index contributed by atoms with van der Waals surface area (Å²) >= 11 is 0. The van der Waals surface area contributed by atoms with Crippen molar-refractivity contribution in [3.05, 3.63) is 35.4 Å². The van der Waals surface area contributed by atoms with Gasteiger partial charge in [0.05, 0.1) is 6.10 Å². The van der Waals surface area contributed by atoms with Gasteiger partial charge in [-0.2, -0.15) is 0 Å². The van der Waals surface area contributed by atoms with Gasteiger partial charge in [0.25, 0.3) is 0 Å². The van der Waals surface area contributed by atoms with Crippen LogP contribution in [0.5, 0.6) is 0 Å². The molecule has 0 aliphatic heterocycles. The summed E-state index contributed by atoms with van der Waals surface area (Å²) in [7, 11) is 1.71. The van der Waals surface area contributed by atoms with E-state index in [-0.39, 0.29) is 6.10 Å². The van der Waals surface area contributed by atoms with Crippen molar-refractivity contribution in [3.8, 4) is 0 Å². The molecule has 1 aliphatic carbocycles. The van der Waals surface area contributed by atoms with Crippen molar-refractivity contribution in [1.29, 1.82) is 0 Å². The molecule has 0 radical (unpaired) electrons. The molecular formula is C15H22O2. The molecule has 0 heterocycles. The van der Waals surface area contributed by atoms with Crippen molar-refractivity contribution >= 4 is 0 Å². The summed E-state index contributed by atoms with van der Waals surface area (Å²) in [5.41, 5.74) is 2.89. The molecule has 2 rings (SSSR count). The van der Waals surface area contributed by atoms with Crippen molar-refractivity contribution in [1.82, 2.24) is 0 Å². The van der Waals surface area contributed by atoms with Gasteiger partial charge in [-0.15, -0.1) is 0 Å². The van der Waals surface area contributed by atoms with E-state index in [1.54, 1.807) is 7.11 Å². The first kappa shape index (κ1) is 12.6. The molecule has 1 aromatic rings. The molecule has 0 spiro atoms. The Hall–Kier alpha value is -0.860. The fourth-order valence-corrected chi connectivity index (χ4v) is 2.73. The van der Waals surface area contributed by atoms with Crippen LogP contribution in [0.25, 0.3) is 0 Å². The maximum atomic E-state index is 10.2. The lowest BCUT2D eigenvalue weighted by molar-refractivity contribution is 0.0783. The second kappa shape index (κ2) is 6.18. The van der Waals surface area contributed by atoms with Crippen LogP contribution in [0.15, 0.2) is 24.3 Å². The van der Waals surface area contributed by atoms with Crippen molar-refractivity contribution < 1.29 is 9.84 Å². The number of fused-ring (bicyclic) bond motifs is 1. The first-order valence-corrected chi connectivity index (χ1v) is 6.55. The van der Waals surface area contributed by atoms with E-state index < -0.39 is 0 Å². The van der Waals surface area contributed by atoms with Crippen LogP contribution in [0.1, 0.15) is 30.4 Å². The van der Waals surface area contributed by atoms with Crippen LogP contribution in [0.2, 0.25) is 0 Å². The van der Waals surface area contributed by atoms with Gasteiger partial charge in [-0.05, 0) is 49.1 Å². The Bertz CT molecular complexity index is 349. The number of hydrogen-bond donors (Lipinski definition) is 1. The van der Waals surface area contributed by atoms with Gasteiger partial charge in [-0.25, -0.2) is 0 Å². The average molecular weight is 234 g/mol. The van der Waals surface area contributed by atoms with Crippen LogP contribution >= 0.6 is 0 Å². The summed E-state index contributed by atoms with van der Waals surface area (Å²) in [5.74, 6) is 0.432. The summed E-state index contributed by atoms with van der Waals surface area (Å²) in [6.07, 6.45) is 4.91. The molecule has 94 valence electrons. The largest absolute Gasteiger partial charge is 0.393 e. The minimum Gasteiger partial charge on any atom is -0.393 e. The zero-order valence-corrected chi connectivity index (χ0v) is 10.6. The van der Waals surface area contributed by atoms with Crippen LogP contribution in [0, 0.1) is 5.92 Å². The zero-order chi connectivity index (χ0) is 12.1. The second-order valence-corrected chi connectivity index (χ2v) is 4.97. The van der Waals surface area contributed by atoms with Gasteiger partial charge in [0, 0.05) is 13.7 Å². The van der Waals surface area contributed by atoms with Gasteiger partial charge in [-0.1, -0.05) is 24.3 Å². The quantitative estimate of drug-likeness (QED) is 0.793. The molecule has 2 heteroatoms. The maximum absolute atomic E-state index is 10.2. The Morgan fingerprint density at radius 2 is 2.12 bits per heavy atom. The van der Waals surface area contributed by atoms with Gasteiger partial charge >= 0.3 is 0 Å². The van der Waals surface area contributed by atoms with Gasteiger partial charge in [0.2, 0.25) is 0 Å². The number of aliphatic hydroxyl groups excluding tert-OH is 1. The SMILES string of the molecule is COCCCC(O)C1CCc2ccccc2C1. The summed E-state index contributed by atoms with van der Waals surface area (Å²) in [5, 5.41) is 10.2. The fraction of sp³-hybridized carbons (Fsp3) is 0.600. The number of aryl methyl sites for hydroxylation is 1. The van der Waals surface area contributed by atoms with Crippen LogP contribution < -0.4 is 0 Å². The number of aliphatic hydroxyl groups is 1. The lowest BCUT2D eigenvalue weighted by Crippen LogP contribution is -2.27. The second-order valence-electron chi connectivity index (χ2n) is 4.97. The molecular weight excluding hydrogens is 212 g/mol. The summed E-state index contributed by atoms with van der Waals surface area (Å²) in [4.78, 5) is 0. The zero-order valence-electron chi connectivity index (χ0n) is 10.6. The van der Waals surface area contributed by atoms with E-state index in [0.29, 0.717) is 5.92 Å². The first-order chi connectivity index (χ1) is 8.31. The summed E-state index contributed by atoms with van der Waals surface area (Å²) < 4.78 is 5.02. The fourth-order valence-electron chi connectivity index (χ4n) is 2.73. The lowest BCUT2D eigenvalue weighted by Gasteiger charge is -2.28. The molecule has 1 aromatic carbocycles. The van der Waals surface area contributed by atoms with E-state index in [0.717, 1.165) is 38.7 Å². The molecule has 0 fully saturated rings. The minimum atomic E-state index is -0.168. The number of methoxy groups -OCH3 is 1. The molecule has 1 N–H and O–H groups in total. The predicted molar refractivity (Wildman–Crippen MR) is 69.1 cm³/mol. The highest BCUT2D eigenvalue weighted by atomic mass is 16.5. The molecule has 0 amide bonds. The highest BCUT2D eigenvalue weighted by Gasteiger charge is 2.24. The van der Waals surface area contributed by atoms with Crippen molar-refractivity contribution in [3.63, 3.8) is 0 Å². The van der Waals surface area contributed by atoms with E-state index in [1.165, 1.54) is 11.1 Å². The third-order valence-electron chi connectivity index (χ3n) is 3.78.